The minimum atomic E-state index is -0.0170. The highest BCUT2D eigenvalue weighted by Crippen LogP contribution is 2.25. The molecular formula is C20H16ClN3O. The molecule has 0 bridgehead atoms. The summed E-state index contributed by atoms with van der Waals surface area (Å²) in [5, 5.41) is 3.57. The van der Waals surface area contributed by atoms with Crippen molar-refractivity contribution >= 4 is 29.7 Å². The van der Waals surface area contributed by atoms with E-state index in [0.29, 0.717) is 11.6 Å². The number of halogens is 1. The molecule has 5 heteroatoms. The molecule has 25 heavy (non-hydrogen) atoms. The SMILES string of the molecule is O=C1NCCc2[nH]c(-c3ccnc(/C=C/c4ccccc4Cl)c3)cc21. The van der Waals surface area contributed by atoms with Gasteiger partial charge in [0.15, 0.2) is 0 Å². The van der Waals surface area contributed by atoms with Crippen LogP contribution < -0.4 is 5.32 Å². The lowest BCUT2D eigenvalue weighted by molar-refractivity contribution is 0.0946. The summed E-state index contributed by atoms with van der Waals surface area (Å²) in [6, 6.07) is 13.5. The van der Waals surface area contributed by atoms with Crippen molar-refractivity contribution in [2.24, 2.45) is 0 Å². The maximum Gasteiger partial charge on any atom is 0.253 e. The number of carbonyl (C=O) groups is 1. The number of H-pyrrole nitrogens is 1. The van der Waals surface area contributed by atoms with Crippen LogP contribution in [0.1, 0.15) is 27.3 Å². The van der Waals surface area contributed by atoms with Crippen LogP contribution in [-0.2, 0) is 6.42 Å². The molecule has 0 saturated heterocycles. The number of aromatic nitrogens is 2. The second kappa shape index (κ2) is 6.57. The zero-order chi connectivity index (χ0) is 17.2. The smallest absolute Gasteiger partial charge is 0.253 e. The highest BCUT2D eigenvalue weighted by molar-refractivity contribution is 6.32. The molecule has 1 aromatic carbocycles. The maximum atomic E-state index is 11.9. The quantitative estimate of drug-likeness (QED) is 0.745. The van der Waals surface area contributed by atoms with E-state index in [0.717, 1.165) is 40.2 Å². The molecule has 2 aromatic heterocycles. The number of hydrogen-bond donors (Lipinski definition) is 2. The fraction of sp³-hybridized carbons (Fsp3) is 0.100. The number of aromatic amines is 1. The number of pyridine rings is 1. The fourth-order valence-electron chi connectivity index (χ4n) is 2.94. The first-order valence-corrected chi connectivity index (χ1v) is 8.47. The van der Waals surface area contributed by atoms with E-state index in [-0.39, 0.29) is 5.91 Å². The summed E-state index contributed by atoms with van der Waals surface area (Å²) in [6.07, 6.45) is 6.47. The first kappa shape index (κ1) is 15.7. The Hall–Kier alpha value is -2.85. The predicted octanol–water partition coefficient (Wildman–Crippen LogP) is 4.19. The van der Waals surface area contributed by atoms with Gasteiger partial charge in [-0.1, -0.05) is 35.9 Å². The zero-order valence-corrected chi connectivity index (χ0v) is 14.2. The lowest BCUT2D eigenvalue weighted by Crippen LogP contribution is -2.31. The molecule has 1 amide bonds. The summed E-state index contributed by atoms with van der Waals surface area (Å²) in [5.41, 5.74) is 5.42. The number of amides is 1. The topological polar surface area (TPSA) is 57.8 Å². The van der Waals surface area contributed by atoms with Crippen molar-refractivity contribution in [2.45, 2.75) is 6.42 Å². The Balaban J connectivity index is 1.64. The molecule has 0 unspecified atom stereocenters. The Morgan fingerprint density at radius 1 is 1.12 bits per heavy atom. The number of fused-ring (bicyclic) bond motifs is 1. The molecule has 124 valence electrons. The van der Waals surface area contributed by atoms with E-state index in [1.54, 1.807) is 6.20 Å². The van der Waals surface area contributed by atoms with Gasteiger partial charge in [-0.2, -0.15) is 0 Å². The van der Waals surface area contributed by atoms with Crippen LogP contribution in [0.15, 0.2) is 48.7 Å². The van der Waals surface area contributed by atoms with Gasteiger partial charge in [-0.15, -0.1) is 0 Å². The van der Waals surface area contributed by atoms with Crippen molar-refractivity contribution in [3.05, 3.63) is 76.2 Å². The minimum absolute atomic E-state index is 0.0170. The Labute approximate surface area is 150 Å². The zero-order valence-electron chi connectivity index (χ0n) is 13.4. The molecule has 0 saturated carbocycles. The molecule has 1 aliphatic rings. The molecule has 3 aromatic rings. The molecule has 1 aliphatic heterocycles. The molecule has 3 heterocycles. The van der Waals surface area contributed by atoms with E-state index < -0.39 is 0 Å². The molecule has 0 spiro atoms. The Bertz CT molecular complexity index is 975. The van der Waals surface area contributed by atoms with E-state index in [2.05, 4.69) is 15.3 Å². The van der Waals surface area contributed by atoms with Crippen molar-refractivity contribution in [3.63, 3.8) is 0 Å². The van der Waals surface area contributed by atoms with Crippen LogP contribution in [0.25, 0.3) is 23.4 Å². The van der Waals surface area contributed by atoms with Gasteiger partial charge < -0.3 is 10.3 Å². The molecule has 0 aliphatic carbocycles. The third-order valence-corrected chi connectivity index (χ3v) is 4.58. The first-order chi connectivity index (χ1) is 12.2. The fourth-order valence-corrected chi connectivity index (χ4v) is 3.14. The van der Waals surface area contributed by atoms with Crippen LogP contribution in [-0.4, -0.2) is 22.4 Å². The maximum absolute atomic E-state index is 11.9. The van der Waals surface area contributed by atoms with Gasteiger partial charge >= 0.3 is 0 Å². The number of nitrogens with zero attached hydrogens (tertiary/aromatic N) is 1. The number of nitrogens with one attached hydrogen (secondary N) is 2. The van der Waals surface area contributed by atoms with Crippen LogP contribution in [0.4, 0.5) is 0 Å². The monoisotopic (exact) mass is 349 g/mol. The average molecular weight is 350 g/mol. The van der Waals surface area contributed by atoms with Crippen LogP contribution in [0, 0.1) is 0 Å². The number of rotatable bonds is 3. The lowest BCUT2D eigenvalue weighted by atomic mass is 10.1. The van der Waals surface area contributed by atoms with Gasteiger partial charge in [0, 0.05) is 41.1 Å². The first-order valence-electron chi connectivity index (χ1n) is 8.10. The van der Waals surface area contributed by atoms with Crippen LogP contribution in [0.2, 0.25) is 5.02 Å². The van der Waals surface area contributed by atoms with Crippen LogP contribution in [0.3, 0.4) is 0 Å². The molecular weight excluding hydrogens is 334 g/mol. The number of hydrogen-bond acceptors (Lipinski definition) is 2. The average Bonchev–Trinajstić information content (AvgIpc) is 3.07. The lowest BCUT2D eigenvalue weighted by Gasteiger charge is -2.10. The van der Waals surface area contributed by atoms with Gasteiger partial charge in [0.2, 0.25) is 0 Å². The van der Waals surface area contributed by atoms with Crippen molar-refractivity contribution in [2.75, 3.05) is 6.54 Å². The van der Waals surface area contributed by atoms with Crippen molar-refractivity contribution in [3.8, 4) is 11.3 Å². The molecule has 4 rings (SSSR count). The third-order valence-electron chi connectivity index (χ3n) is 4.24. The van der Waals surface area contributed by atoms with E-state index in [1.165, 1.54) is 0 Å². The summed E-state index contributed by atoms with van der Waals surface area (Å²) in [4.78, 5) is 19.7. The predicted molar refractivity (Wildman–Crippen MR) is 100 cm³/mol. The van der Waals surface area contributed by atoms with Gasteiger partial charge in [-0.25, -0.2) is 0 Å². The summed E-state index contributed by atoms with van der Waals surface area (Å²) in [6.45, 7) is 0.675. The molecule has 0 radical (unpaired) electrons. The van der Waals surface area contributed by atoms with Gasteiger partial charge in [0.1, 0.15) is 0 Å². The van der Waals surface area contributed by atoms with E-state index >= 15 is 0 Å². The van der Waals surface area contributed by atoms with E-state index in [4.69, 9.17) is 11.6 Å². The van der Waals surface area contributed by atoms with Gasteiger partial charge in [-0.05, 0) is 35.9 Å². The second-order valence-corrected chi connectivity index (χ2v) is 6.31. The molecule has 0 fully saturated rings. The number of carbonyl (C=O) groups excluding carboxylic acids is 1. The van der Waals surface area contributed by atoms with Gasteiger partial charge in [0.25, 0.3) is 5.91 Å². The summed E-state index contributed by atoms with van der Waals surface area (Å²) >= 11 is 6.17. The Morgan fingerprint density at radius 3 is 2.84 bits per heavy atom. The van der Waals surface area contributed by atoms with Crippen LogP contribution >= 0.6 is 11.6 Å². The largest absolute Gasteiger partial charge is 0.358 e. The van der Waals surface area contributed by atoms with Gasteiger partial charge in [-0.3, -0.25) is 9.78 Å². The third kappa shape index (κ3) is 3.21. The Morgan fingerprint density at radius 2 is 2.00 bits per heavy atom. The molecule has 4 nitrogen and oxygen atoms in total. The summed E-state index contributed by atoms with van der Waals surface area (Å²) < 4.78 is 0. The van der Waals surface area contributed by atoms with Crippen molar-refractivity contribution in [1.82, 2.24) is 15.3 Å². The minimum Gasteiger partial charge on any atom is -0.358 e. The molecule has 2 N–H and O–H groups in total. The van der Waals surface area contributed by atoms with Crippen molar-refractivity contribution < 1.29 is 4.79 Å². The van der Waals surface area contributed by atoms with E-state index in [1.807, 2.05) is 54.6 Å². The molecule has 0 atom stereocenters. The summed E-state index contributed by atoms with van der Waals surface area (Å²) in [7, 11) is 0. The highest BCUT2D eigenvalue weighted by atomic mass is 35.5. The standard InChI is InChI=1S/C20H16ClN3O/c21-17-4-2-1-3-13(17)5-6-15-11-14(7-9-22-15)19-12-16-18(24-19)8-10-23-20(16)25/h1-7,9,11-12,24H,8,10H2,(H,23,25)/b6-5+. The van der Waals surface area contributed by atoms with Crippen molar-refractivity contribution in [1.29, 1.82) is 0 Å². The normalized spacial score (nSPS) is 13.7. The summed E-state index contributed by atoms with van der Waals surface area (Å²) in [5.74, 6) is -0.0170. The van der Waals surface area contributed by atoms with Crippen LogP contribution in [0.5, 0.6) is 0 Å². The Kier molecular flexibility index (Phi) is 4.12. The van der Waals surface area contributed by atoms with E-state index in [9.17, 15) is 4.79 Å². The highest BCUT2D eigenvalue weighted by Gasteiger charge is 2.19. The number of benzene rings is 1. The van der Waals surface area contributed by atoms with Gasteiger partial charge in [0.05, 0.1) is 11.3 Å². The second-order valence-electron chi connectivity index (χ2n) is 5.91.